The van der Waals surface area contributed by atoms with Crippen molar-refractivity contribution in [1.29, 1.82) is 0 Å². The van der Waals surface area contributed by atoms with Gasteiger partial charge in [0.2, 0.25) is 0 Å². The fraction of sp³-hybridized carbons (Fsp3) is 0.215. The third-order valence-corrected chi connectivity index (χ3v) is 15.6. The molecule has 27 nitrogen and oxygen atoms in total. The number of anilines is 6. The van der Waals surface area contributed by atoms with Gasteiger partial charge in [-0.05, 0) is 91.9 Å². The highest BCUT2D eigenvalue weighted by Crippen LogP contribution is 2.64. The van der Waals surface area contributed by atoms with Crippen LogP contribution in [0.1, 0.15) is 56.4 Å². The summed E-state index contributed by atoms with van der Waals surface area (Å²) >= 11 is 0. The standard InChI is InChI=1S/C22H19F2N7O2.C22H21N7O2.C21H23N7O2/c1-25-22(32)19-17(10-16(28-29-19)18-13(23)7-5-8-14(18)24)27-15-9-4-6-12(20(15)33-3)21-26-11-31(2)30-21;1-23-22(30)19-18(12-17(26-27-19)14-8-5-4-6-9-14)25-16-11-7-10-15(20(16)31-3)21-24-13-29(2)28-21;1-22-20(29)17-15(7-16(25-26-17)21-8-12(9-21)10-21)24-14-6-4-5-13(18(14)30-3)19-23-11-28(2)27-19/h4-11H,1-3H3,(H,25,32)(H,27,28);4-13H,1-3H3,(H,23,30)(H,25,26);4-7,11-12H,8-10H2,1-3H3,(H,22,29)(H,24,25). The highest BCUT2D eigenvalue weighted by atomic mass is 19.1. The van der Waals surface area contributed by atoms with Gasteiger partial charge >= 0.3 is 0 Å². The first-order valence-corrected chi connectivity index (χ1v) is 29.3. The Balaban J connectivity index is 0.000000144. The van der Waals surface area contributed by atoms with Crippen molar-refractivity contribution < 1.29 is 37.4 Å². The van der Waals surface area contributed by atoms with Crippen LogP contribution >= 0.6 is 0 Å². The molecular weight excluding hydrogens is 1210 g/mol. The monoisotopic (exact) mass is 1270 g/mol. The largest absolute Gasteiger partial charge is 0.494 e. The molecule has 29 heteroatoms. The van der Waals surface area contributed by atoms with E-state index < -0.39 is 17.5 Å². The number of carbonyl (C=O) groups excluding carboxylic acids is 3. The molecule has 0 spiro atoms. The Hall–Kier alpha value is -12.2. The van der Waals surface area contributed by atoms with Gasteiger partial charge in [0.05, 0.1) is 89.1 Å². The van der Waals surface area contributed by atoms with Crippen molar-refractivity contribution in [2.75, 3.05) is 58.4 Å². The highest BCUT2D eigenvalue weighted by Gasteiger charge is 2.58. The van der Waals surface area contributed by atoms with E-state index in [1.807, 2.05) is 79.8 Å². The molecule has 478 valence electrons. The number of aromatic nitrogens is 15. The van der Waals surface area contributed by atoms with E-state index in [-0.39, 0.29) is 51.3 Å². The van der Waals surface area contributed by atoms with Crippen molar-refractivity contribution in [2.45, 2.75) is 24.7 Å². The van der Waals surface area contributed by atoms with Crippen LogP contribution in [0.3, 0.4) is 0 Å². The second-order valence-electron chi connectivity index (χ2n) is 21.7. The number of methoxy groups -OCH3 is 3. The zero-order valence-corrected chi connectivity index (χ0v) is 52.4. The topological polar surface area (TPSA) is 321 Å². The molecule has 6 N–H and O–H groups in total. The maximum Gasteiger partial charge on any atom is 0.273 e. The smallest absolute Gasteiger partial charge is 0.273 e. The maximum atomic E-state index is 14.3. The first-order valence-electron chi connectivity index (χ1n) is 29.3. The van der Waals surface area contributed by atoms with E-state index in [9.17, 15) is 23.2 Å². The van der Waals surface area contributed by atoms with Crippen LogP contribution < -0.4 is 46.1 Å². The molecule has 0 aliphatic heterocycles. The number of benzene rings is 5. The molecule has 2 bridgehead atoms. The van der Waals surface area contributed by atoms with Gasteiger partial charge in [0.25, 0.3) is 17.7 Å². The third kappa shape index (κ3) is 13.1. The van der Waals surface area contributed by atoms with E-state index in [1.165, 1.54) is 26.3 Å². The van der Waals surface area contributed by atoms with Crippen molar-refractivity contribution in [3.05, 3.63) is 175 Å². The number of ether oxygens (including phenoxy) is 3. The normalized spacial score (nSPS) is 14.1. The fourth-order valence-electron chi connectivity index (χ4n) is 10.9. The lowest BCUT2D eigenvalue weighted by Gasteiger charge is -2.61. The Bertz CT molecular complexity index is 4580. The minimum atomic E-state index is -0.802. The minimum absolute atomic E-state index is 0.0681. The third-order valence-electron chi connectivity index (χ3n) is 15.6. The van der Waals surface area contributed by atoms with Crippen molar-refractivity contribution in [1.82, 2.24) is 90.8 Å². The van der Waals surface area contributed by atoms with Gasteiger partial charge in [-0.25, -0.2) is 23.7 Å². The van der Waals surface area contributed by atoms with Crippen LogP contribution in [0.25, 0.3) is 56.7 Å². The average molecular weight is 1270 g/mol. The van der Waals surface area contributed by atoms with Gasteiger partial charge in [0, 0.05) is 53.3 Å². The molecule has 3 fully saturated rings. The van der Waals surface area contributed by atoms with Crippen LogP contribution in [-0.4, -0.2) is 135 Å². The van der Waals surface area contributed by atoms with E-state index in [2.05, 4.69) is 92.7 Å². The number of nitrogens with zero attached hydrogens (tertiary/aromatic N) is 15. The summed E-state index contributed by atoms with van der Waals surface area (Å²) in [6, 6.07) is 34.7. The zero-order chi connectivity index (χ0) is 66.2. The van der Waals surface area contributed by atoms with Crippen LogP contribution in [0.5, 0.6) is 17.2 Å². The van der Waals surface area contributed by atoms with Gasteiger partial charge in [-0.15, -0.1) is 25.5 Å². The lowest BCUT2D eigenvalue weighted by molar-refractivity contribution is -0.0315. The van der Waals surface area contributed by atoms with Crippen LogP contribution in [0, 0.1) is 17.6 Å². The summed E-state index contributed by atoms with van der Waals surface area (Å²) in [5, 5.41) is 55.3. The summed E-state index contributed by atoms with van der Waals surface area (Å²) in [4.78, 5) is 50.1. The lowest BCUT2D eigenvalue weighted by atomic mass is 9.43. The fourth-order valence-corrected chi connectivity index (χ4v) is 10.9. The molecule has 11 aromatic rings. The Morgan fingerprint density at radius 2 is 0.830 bits per heavy atom. The number of hydrogen-bond acceptors (Lipinski definition) is 21. The van der Waals surface area contributed by atoms with E-state index in [4.69, 9.17) is 14.2 Å². The molecule has 0 unspecified atom stereocenters. The Labute approximate surface area is 536 Å². The Morgan fingerprint density at radius 1 is 0.457 bits per heavy atom. The van der Waals surface area contributed by atoms with Gasteiger partial charge in [-0.3, -0.25) is 28.4 Å². The number of amides is 3. The molecule has 3 amide bonds. The SMILES string of the molecule is CNC(=O)c1nnc(-c2c(F)cccc2F)cc1Nc1cccc(-c2ncn(C)n2)c1OC.CNC(=O)c1nnc(-c2ccccc2)cc1Nc1cccc(-c2ncn(C)n2)c1OC.CNC(=O)c1nnc(C23CC(C2)C3)cc1Nc1cccc(-c2ncn(C)n2)c1OC. The Kier molecular flexibility index (Phi) is 18.6. The zero-order valence-electron chi connectivity index (χ0n) is 52.4. The van der Waals surface area contributed by atoms with Crippen molar-refractivity contribution in [3.8, 4) is 73.9 Å². The van der Waals surface area contributed by atoms with Crippen LogP contribution in [0.4, 0.5) is 42.9 Å². The summed E-state index contributed by atoms with van der Waals surface area (Å²) in [5.74, 6) is 1.12. The molecule has 94 heavy (non-hydrogen) atoms. The number of halogens is 2. The number of aryl methyl sites for hydroxylation is 3. The molecule has 0 saturated heterocycles. The minimum Gasteiger partial charge on any atom is -0.494 e. The molecule has 3 saturated carbocycles. The van der Waals surface area contributed by atoms with Crippen LogP contribution in [-0.2, 0) is 26.6 Å². The van der Waals surface area contributed by atoms with Gasteiger partial charge in [0.1, 0.15) is 36.3 Å². The van der Waals surface area contributed by atoms with Gasteiger partial charge < -0.3 is 46.1 Å². The summed E-state index contributed by atoms with van der Waals surface area (Å²) in [5.41, 5.74) is 7.68. The molecule has 5 aromatic carbocycles. The number of nitrogens with one attached hydrogen (secondary N) is 6. The highest BCUT2D eigenvalue weighted by molar-refractivity contribution is 6.01. The first kappa shape index (κ1) is 63.4. The summed E-state index contributed by atoms with van der Waals surface area (Å²) in [6.45, 7) is 0. The lowest BCUT2D eigenvalue weighted by Crippen LogP contribution is -2.55. The van der Waals surface area contributed by atoms with Crippen LogP contribution in [0.15, 0.2) is 140 Å². The molecule has 0 atom stereocenters. The maximum absolute atomic E-state index is 14.3. The molecule has 0 radical (unpaired) electrons. The first-order chi connectivity index (χ1) is 45.5. The second kappa shape index (κ2) is 27.5. The number of carbonyl (C=O) groups is 3. The summed E-state index contributed by atoms with van der Waals surface area (Å²) < 4.78 is 50.4. The van der Waals surface area contributed by atoms with Gasteiger partial charge in [0.15, 0.2) is 51.8 Å². The van der Waals surface area contributed by atoms with Crippen molar-refractivity contribution >= 4 is 51.8 Å². The average Bonchev–Trinajstić information content (AvgIpc) is 0.815. The number of rotatable bonds is 18. The Morgan fingerprint density at radius 3 is 1.19 bits per heavy atom. The summed E-state index contributed by atoms with van der Waals surface area (Å²) in [6.07, 6.45) is 8.29. The molecule has 14 rings (SSSR count). The molecule has 3 aliphatic rings. The predicted molar refractivity (Wildman–Crippen MR) is 345 cm³/mol. The van der Waals surface area contributed by atoms with E-state index >= 15 is 0 Å². The van der Waals surface area contributed by atoms with Gasteiger partial charge in [-0.1, -0.05) is 54.6 Å². The van der Waals surface area contributed by atoms with E-state index in [0.29, 0.717) is 74.4 Å². The summed E-state index contributed by atoms with van der Waals surface area (Å²) in [7, 11) is 14.6. The van der Waals surface area contributed by atoms with Gasteiger partial charge in [-0.2, -0.15) is 20.4 Å². The quantitative estimate of drug-likeness (QED) is 0.0467. The number of para-hydroxylation sites is 3. The molecule has 6 heterocycles. The molecule has 6 aromatic heterocycles. The van der Waals surface area contributed by atoms with Crippen molar-refractivity contribution in [2.24, 2.45) is 27.1 Å². The molecular formula is C65H63F2N21O6. The van der Waals surface area contributed by atoms with Crippen molar-refractivity contribution in [3.63, 3.8) is 0 Å². The van der Waals surface area contributed by atoms with Crippen LogP contribution in [0.2, 0.25) is 0 Å². The molecule has 3 aliphatic carbocycles. The van der Waals surface area contributed by atoms with E-state index in [1.54, 1.807) is 99.7 Å². The predicted octanol–water partition coefficient (Wildman–Crippen LogP) is 8.82. The van der Waals surface area contributed by atoms with E-state index in [0.717, 1.165) is 59.7 Å². The second-order valence-corrected chi connectivity index (χ2v) is 21.7. The number of hydrogen-bond donors (Lipinski definition) is 6.